The highest BCUT2D eigenvalue weighted by molar-refractivity contribution is 5.02. The predicted octanol–water partition coefficient (Wildman–Crippen LogP) is 0.917. The third-order valence-corrected chi connectivity index (χ3v) is 2.21. The number of aryl methyl sites for hydroxylation is 1. The van der Waals surface area contributed by atoms with Crippen LogP contribution in [0.4, 0.5) is 0 Å². The fourth-order valence-electron chi connectivity index (χ4n) is 1.57. The van der Waals surface area contributed by atoms with E-state index in [1.165, 1.54) is 0 Å². The molecule has 0 fully saturated rings. The summed E-state index contributed by atoms with van der Waals surface area (Å²) in [6.45, 7) is 5.64. The quantitative estimate of drug-likeness (QED) is 0.735. The maximum Gasteiger partial charge on any atom is 0.0667 e. The molecule has 0 saturated carbocycles. The van der Waals surface area contributed by atoms with Crippen molar-refractivity contribution in [2.24, 2.45) is 13.0 Å². The first-order valence-electron chi connectivity index (χ1n) is 5.44. The third kappa shape index (κ3) is 4.95. The summed E-state index contributed by atoms with van der Waals surface area (Å²) in [5.74, 6) is 0.542. The molecule has 1 aromatic heterocycles. The summed E-state index contributed by atoms with van der Waals surface area (Å²) in [6, 6.07) is 0. The Labute approximate surface area is 91.3 Å². The first kappa shape index (κ1) is 12.2. The van der Waals surface area contributed by atoms with Crippen molar-refractivity contribution in [3.8, 4) is 0 Å². The summed E-state index contributed by atoms with van der Waals surface area (Å²) in [5.41, 5.74) is 1.15. The van der Waals surface area contributed by atoms with E-state index in [1.54, 1.807) is 4.68 Å². The van der Waals surface area contributed by atoms with Crippen LogP contribution in [0, 0.1) is 5.92 Å². The second kappa shape index (κ2) is 5.88. The van der Waals surface area contributed by atoms with E-state index in [0.29, 0.717) is 12.5 Å². The molecule has 0 amide bonds. The Morgan fingerprint density at radius 1 is 1.53 bits per heavy atom. The van der Waals surface area contributed by atoms with Gasteiger partial charge in [0.05, 0.1) is 12.3 Å². The Hall–Kier alpha value is -0.870. The Morgan fingerprint density at radius 3 is 2.80 bits per heavy atom. The third-order valence-electron chi connectivity index (χ3n) is 2.21. The van der Waals surface area contributed by atoms with Gasteiger partial charge >= 0.3 is 0 Å². The molecule has 0 radical (unpaired) electrons. The second-order valence-corrected chi connectivity index (χ2v) is 4.44. The molecule has 2 N–H and O–H groups in total. The molecule has 1 unspecified atom stereocenters. The molecule has 86 valence electrons. The van der Waals surface area contributed by atoms with Crippen molar-refractivity contribution in [1.82, 2.24) is 15.1 Å². The van der Waals surface area contributed by atoms with Crippen molar-refractivity contribution >= 4 is 0 Å². The lowest BCUT2D eigenvalue weighted by Gasteiger charge is -2.13. The van der Waals surface area contributed by atoms with Gasteiger partial charge in [0.2, 0.25) is 0 Å². The van der Waals surface area contributed by atoms with E-state index in [1.807, 2.05) is 19.4 Å². The molecule has 0 aromatic carbocycles. The first-order valence-corrected chi connectivity index (χ1v) is 5.44. The molecule has 0 saturated heterocycles. The summed E-state index contributed by atoms with van der Waals surface area (Å²) in [6.07, 6.45) is 4.41. The number of aliphatic hydroxyl groups excluding tert-OH is 1. The molecule has 0 aliphatic rings. The van der Waals surface area contributed by atoms with Crippen LogP contribution in [-0.4, -0.2) is 27.5 Å². The molecule has 0 aliphatic heterocycles. The van der Waals surface area contributed by atoms with Crippen molar-refractivity contribution in [1.29, 1.82) is 0 Å². The zero-order valence-corrected chi connectivity index (χ0v) is 9.77. The second-order valence-electron chi connectivity index (χ2n) is 4.44. The van der Waals surface area contributed by atoms with E-state index in [0.717, 1.165) is 18.5 Å². The summed E-state index contributed by atoms with van der Waals surface area (Å²) in [7, 11) is 1.90. The monoisotopic (exact) mass is 211 g/mol. The molecule has 1 heterocycles. The zero-order valence-electron chi connectivity index (χ0n) is 9.77. The summed E-state index contributed by atoms with van der Waals surface area (Å²) < 4.78 is 1.78. The normalized spacial score (nSPS) is 13.4. The SMILES string of the molecule is CC(C)CC(O)CNCc1cnn(C)c1. The molecule has 0 bridgehead atoms. The van der Waals surface area contributed by atoms with Crippen molar-refractivity contribution in [2.75, 3.05) is 6.54 Å². The summed E-state index contributed by atoms with van der Waals surface area (Å²) in [5, 5.41) is 16.9. The summed E-state index contributed by atoms with van der Waals surface area (Å²) >= 11 is 0. The number of aromatic nitrogens is 2. The topological polar surface area (TPSA) is 50.1 Å². The van der Waals surface area contributed by atoms with Gasteiger partial charge in [-0.2, -0.15) is 5.10 Å². The van der Waals surface area contributed by atoms with E-state index >= 15 is 0 Å². The van der Waals surface area contributed by atoms with Gasteiger partial charge in [-0.3, -0.25) is 4.68 Å². The predicted molar refractivity (Wildman–Crippen MR) is 60.4 cm³/mol. The van der Waals surface area contributed by atoms with Crippen LogP contribution < -0.4 is 5.32 Å². The number of rotatable bonds is 6. The van der Waals surface area contributed by atoms with Gasteiger partial charge in [0.25, 0.3) is 0 Å². The van der Waals surface area contributed by atoms with Crippen LogP contribution in [-0.2, 0) is 13.6 Å². The first-order chi connectivity index (χ1) is 7.08. The Balaban J connectivity index is 2.16. The average molecular weight is 211 g/mol. The fourth-order valence-corrected chi connectivity index (χ4v) is 1.57. The number of aliphatic hydroxyl groups is 1. The number of hydrogen-bond donors (Lipinski definition) is 2. The molecular weight excluding hydrogens is 190 g/mol. The molecular formula is C11H21N3O. The molecule has 1 rings (SSSR count). The fraction of sp³-hybridized carbons (Fsp3) is 0.727. The molecule has 0 aliphatic carbocycles. The van der Waals surface area contributed by atoms with Crippen LogP contribution in [0.3, 0.4) is 0 Å². The van der Waals surface area contributed by atoms with E-state index in [4.69, 9.17) is 0 Å². The minimum Gasteiger partial charge on any atom is -0.392 e. The molecule has 4 nitrogen and oxygen atoms in total. The van der Waals surface area contributed by atoms with E-state index in [2.05, 4.69) is 24.3 Å². The van der Waals surface area contributed by atoms with E-state index in [9.17, 15) is 5.11 Å². The molecule has 15 heavy (non-hydrogen) atoms. The number of nitrogens with one attached hydrogen (secondary N) is 1. The largest absolute Gasteiger partial charge is 0.392 e. The molecule has 1 atom stereocenters. The van der Waals surface area contributed by atoms with Gasteiger partial charge < -0.3 is 10.4 Å². The van der Waals surface area contributed by atoms with Crippen molar-refractivity contribution in [3.05, 3.63) is 18.0 Å². The summed E-state index contributed by atoms with van der Waals surface area (Å²) in [4.78, 5) is 0. The highest BCUT2D eigenvalue weighted by atomic mass is 16.3. The lowest BCUT2D eigenvalue weighted by atomic mass is 10.1. The lowest BCUT2D eigenvalue weighted by molar-refractivity contribution is 0.146. The van der Waals surface area contributed by atoms with Crippen LogP contribution in [0.5, 0.6) is 0 Å². The van der Waals surface area contributed by atoms with Crippen molar-refractivity contribution in [2.45, 2.75) is 32.9 Å². The van der Waals surface area contributed by atoms with Gasteiger partial charge in [0, 0.05) is 31.9 Å². The minimum atomic E-state index is -0.248. The standard InChI is InChI=1S/C11H21N3O/c1-9(2)4-11(15)7-12-5-10-6-13-14(3)8-10/h6,8-9,11-12,15H,4-5,7H2,1-3H3. The minimum absolute atomic E-state index is 0.248. The van der Waals surface area contributed by atoms with E-state index < -0.39 is 0 Å². The van der Waals surface area contributed by atoms with Crippen LogP contribution in [0.2, 0.25) is 0 Å². The van der Waals surface area contributed by atoms with Gasteiger partial charge in [-0.1, -0.05) is 13.8 Å². The van der Waals surface area contributed by atoms with Gasteiger partial charge in [-0.05, 0) is 12.3 Å². The van der Waals surface area contributed by atoms with Gasteiger partial charge in [-0.15, -0.1) is 0 Å². The van der Waals surface area contributed by atoms with Crippen LogP contribution in [0.15, 0.2) is 12.4 Å². The molecule has 1 aromatic rings. The smallest absolute Gasteiger partial charge is 0.0667 e. The highest BCUT2D eigenvalue weighted by Crippen LogP contribution is 2.03. The van der Waals surface area contributed by atoms with E-state index in [-0.39, 0.29) is 6.10 Å². The molecule has 0 spiro atoms. The van der Waals surface area contributed by atoms with Crippen molar-refractivity contribution < 1.29 is 5.11 Å². The van der Waals surface area contributed by atoms with Crippen LogP contribution in [0.1, 0.15) is 25.8 Å². The maximum atomic E-state index is 9.62. The van der Waals surface area contributed by atoms with Crippen LogP contribution in [0.25, 0.3) is 0 Å². The average Bonchev–Trinajstić information content (AvgIpc) is 2.50. The van der Waals surface area contributed by atoms with Gasteiger partial charge in [0.15, 0.2) is 0 Å². The highest BCUT2D eigenvalue weighted by Gasteiger charge is 2.06. The Bertz CT molecular complexity index is 283. The van der Waals surface area contributed by atoms with Gasteiger partial charge in [-0.25, -0.2) is 0 Å². The Morgan fingerprint density at radius 2 is 2.27 bits per heavy atom. The maximum absolute atomic E-state index is 9.62. The Kier molecular flexibility index (Phi) is 4.78. The molecule has 4 heteroatoms. The zero-order chi connectivity index (χ0) is 11.3. The lowest BCUT2D eigenvalue weighted by Crippen LogP contribution is -2.27. The number of nitrogens with zero attached hydrogens (tertiary/aromatic N) is 2. The van der Waals surface area contributed by atoms with Crippen molar-refractivity contribution in [3.63, 3.8) is 0 Å². The van der Waals surface area contributed by atoms with Gasteiger partial charge in [0.1, 0.15) is 0 Å². The number of hydrogen-bond acceptors (Lipinski definition) is 3. The van der Waals surface area contributed by atoms with Crippen LogP contribution >= 0.6 is 0 Å².